The predicted octanol–water partition coefficient (Wildman–Crippen LogP) is 3.98. The van der Waals surface area contributed by atoms with Crippen LogP contribution in [-0.4, -0.2) is 13.2 Å². The fraction of sp³-hybridized carbons (Fsp3) is 0.529. The second kappa shape index (κ2) is 7.34. The highest BCUT2D eigenvalue weighted by molar-refractivity contribution is 5.45. The molecule has 0 spiro atoms. The molecule has 3 heteroatoms. The highest BCUT2D eigenvalue weighted by Gasteiger charge is 2.16. The Balaban J connectivity index is 2.22. The third-order valence-corrected chi connectivity index (χ3v) is 3.65. The molecular weight excluding hydrogens is 250 g/mol. The summed E-state index contributed by atoms with van der Waals surface area (Å²) >= 11 is 0. The van der Waals surface area contributed by atoms with E-state index in [9.17, 15) is 0 Å². The van der Waals surface area contributed by atoms with Gasteiger partial charge >= 0.3 is 0 Å². The summed E-state index contributed by atoms with van der Waals surface area (Å²) in [6, 6.07) is 6.01. The molecule has 110 valence electrons. The highest BCUT2D eigenvalue weighted by atomic mass is 16.5. The summed E-state index contributed by atoms with van der Waals surface area (Å²) in [6.45, 7) is 5.21. The predicted molar refractivity (Wildman–Crippen MR) is 82.3 cm³/mol. The molecule has 0 aromatic heterocycles. The van der Waals surface area contributed by atoms with Crippen molar-refractivity contribution in [3.63, 3.8) is 0 Å². The molecule has 2 N–H and O–H groups in total. The number of hydrogen-bond acceptors (Lipinski definition) is 3. The standard InChI is InChI=1S/C17H25NO2/c1-3-19-15-11-10-14(12-16(15)20-4-2)17(18)13-8-6-5-7-9-13/h8,10-12,17H,3-7,9,18H2,1-2H3. The van der Waals surface area contributed by atoms with E-state index in [1.807, 2.05) is 32.0 Å². The van der Waals surface area contributed by atoms with Crippen molar-refractivity contribution in [1.82, 2.24) is 0 Å². The Morgan fingerprint density at radius 3 is 2.50 bits per heavy atom. The van der Waals surface area contributed by atoms with Crippen LogP contribution in [0.4, 0.5) is 0 Å². The van der Waals surface area contributed by atoms with Gasteiger partial charge in [0.2, 0.25) is 0 Å². The molecule has 0 radical (unpaired) electrons. The summed E-state index contributed by atoms with van der Waals surface area (Å²) in [4.78, 5) is 0. The summed E-state index contributed by atoms with van der Waals surface area (Å²) in [5.74, 6) is 1.58. The van der Waals surface area contributed by atoms with Gasteiger partial charge in [0.1, 0.15) is 0 Å². The van der Waals surface area contributed by atoms with Gasteiger partial charge in [-0.3, -0.25) is 0 Å². The molecule has 1 atom stereocenters. The van der Waals surface area contributed by atoms with Crippen LogP contribution in [0.25, 0.3) is 0 Å². The number of rotatable bonds is 6. The molecule has 1 aliphatic rings. The van der Waals surface area contributed by atoms with E-state index in [1.165, 1.54) is 18.4 Å². The van der Waals surface area contributed by atoms with Crippen LogP contribution >= 0.6 is 0 Å². The third kappa shape index (κ3) is 3.54. The van der Waals surface area contributed by atoms with E-state index in [1.54, 1.807) is 0 Å². The van der Waals surface area contributed by atoms with Crippen molar-refractivity contribution in [2.45, 2.75) is 45.6 Å². The van der Waals surface area contributed by atoms with Crippen molar-refractivity contribution >= 4 is 0 Å². The van der Waals surface area contributed by atoms with Crippen molar-refractivity contribution in [1.29, 1.82) is 0 Å². The van der Waals surface area contributed by atoms with Gasteiger partial charge in [0.25, 0.3) is 0 Å². The Bertz CT molecular complexity index is 468. The first-order valence-electron chi connectivity index (χ1n) is 7.60. The fourth-order valence-electron chi connectivity index (χ4n) is 2.62. The number of allylic oxidation sites excluding steroid dienone is 1. The first kappa shape index (κ1) is 14.9. The van der Waals surface area contributed by atoms with Crippen LogP contribution in [0.3, 0.4) is 0 Å². The molecule has 20 heavy (non-hydrogen) atoms. The molecule has 0 bridgehead atoms. The lowest BCUT2D eigenvalue weighted by molar-refractivity contribution is 0.287. The van der Waals surface area contributed by atoms with Crippen LogP contribution in [0.5, 0.6) is 11.5 Å². The van der Waals surface area contributed by atoms with Crippen LogP contribution in [-0.2, 0) is 0 Å². The van der Waals surface area contributed by atoms with Gasteiger partial charge in [-0.25, -0.2) is 0 Å². The molecule has 3 nitrogen and oxygen atoms in total. The second-order valence-corrected chi connectivity index (χ2v) is 5.07. The summed E-state index contributed by atoms with van der Waals surface area (Å²) in [5.41, 5.74) is 8.85. The molecule has 0 saturated heterocycles. The van der Waals surface area contributed by atoms with Crippen LogP contribution in [0.2, 0.25) is 0 Å². The van der Waals surface area contributed by atoms with Gasteiger partial charge in [-0.15, -0.1) is 0 Å². The molecule has 1 aromatic rings. The minimum atomic E-state index is -0.0230. The molecule has 0 fully saturated rings. The van der Waals surface area contributed by atoms with Crippen LogP contribution in [0.1, 0.15) is 51.1 Å². The van der Waals surface area contributed by atoms with E-state index in [-0.39, 0.29) is 6.04 Å². The lowest BCUT2D eigenvalue weighted by atomic mass is 9.90. The normalized spacial score (nSPS) is 16.4. The highest BCUT2D eigenvalue weighted by Crippen LogP contribution is 2.34. The summed E-state index contributed by atoms with van der Waals surface area (Å²) < 4.78 is 11.3. The Hall–Kier alpha value is -1.48. The van der Waals surface area contributed by atoms with Gasteiger partial charge in [0, 0.05) is 0 Å². The maximum Gasteiger partial charge on any atom is 0.161 e. The zero-order valence-corrected chi connectivity index (χ0v) is 12.5. The quantitative estimate of drug-likeness (QED) is 0.798. The smallest absolute Gasteiger partial charge is 0.161 e. The van der Waals surface area contributed by atoms with E-state index in [0.717, 1.165) is 29.9 Å². The second-order valence-electron chi connectivity index (χ2n) is 5.07. The first-order chi connectivity index (χ1) is 9.76. The fourth-order valence-corrected chi connectivity index (χ4v) is 2.62. The van der Waals surface area contributed by atoms with Gasteiger partial charge in [-0.1, -0.05) is 17.7 Å². The number of benzene rings is 1. The molecular formula is C17H25NO2. The number of ether oxygens (including phenoxy) is 2. The number of hydrogen-bond donors (Lipinski definition) is 1. The summed E-state index contributed by atoms with van der Waals surface area (Å²) in [7, 11) is 0. The lowest BCUT2D eigenvalue weighted by Crippen LogP contribution is -2.15. The van der Waals surface area contributed by atoms with Crippen LogP contribution < -0.4 is 15.2 Å². The zero-order valence-electron chi connectivity index (χ0n) is 12.5. The molecule has 1 aliphatic carbocycles. The van der Waals surface area contributed by atoms with Crippen molar-refractivity contribution in [2.75, 3.05) is 13.2 Å². The third-order valence-electron chi connectivity index (χ3n) is 3.65. The average Bonchev–Trinajstić information content (AvgIpc) is 2.50. The zero-order chi connectivity index (χ0) is 14.4. The topological polar surface area (TPSA) is 44.5 Å². The Labute approximate surface area is 121 Å². The van der Waals surface area contributed by atoms with E-state index < -0.39 is 0 Å². The maximum atomic E-state index is 6.39. The van der Waals surface area contributed by atoms with Crippen LogP contribution in [0.15, 0.2) is 29.8 Å². The van der Waals surface area contributed by atoms with E-state index in [4.69, 9.17) is 15.2 Å². The van der Waals surface area contributed by atoms with Gasteiger partial charge in [0.05, 0.1) is 19.3 Å². The first-order valence-corrected chi connectivity index (χ1v) is 7.60. The average molecular weight is 275 g/mol. The Kier molecular flexibility index (Phi) is 5.48. The van der Waals surface area contributed by atoms with Crippen LogP contribution in [0, 0.1) is 0 Å². The minimum absolute atomic E-state index is 0.0230. The molecule has 0 amide bonds. The molecule has 1 unspecified atom stereocenters. The molecule has 0 saturated carbocycles. The SMILES string of the molecule is CCOc1ccc(C(N)C2=CCCCC2)cc1OCC. The Morgan fingerprint density at radius 1 is 1.10 bits per heavy atom. The maximum absolute atomic E-state index is 6.39. The van der Waals surface area contributed by atoms with Crippen molar-refractivity contribution in [3.05, 3.63) is 35.4 Å². The largest absolute Gasteiger partial charge is 0.490 e. The minimum Gasteiger partial charge on any atom is -0.490 e. The Morgan fingerprint density at radius 2 is 1.85 bits per heavy atom. The lowest BCUT2D eigenvalue weighted by Gasteiger charge is -2.21. The van der Waals surface area contributed by atoms with Crippen molar-refractivity contribution < 1.29 is 9.47 Å². The van der Waals surface area contributed by atoms with E-state index in [0.29, 0.717) is 13.2 Å². The van der Waals surface area contributed by atoms with Crippen molar-refractivity contribution in [2.24, 2.45) is 5.73 Å². The summed E-state index contributed by atoms with van der Waals surface area (Å²) in [5, 5.41) is 0. The van der Waals surface area contributed by atoms with E-state index in [2.05, 4.69) is 6.08 Å². The van der Waals surface area contributed by atoms with Crippen molar-refractivity contribution in [3.8, 4) is 11.5 Å². The molecule has 1 aromatic carbocycles. The van der Waals surface area contributed by atoms with Gasteiger partial charge in [-0.05, 0) is 57.2 Å². The summed E-state index contributed by atoms with van der Waals surface area (Å²) in [6.07, 6.45) is 7.08. The molecule has 0 heterocycles. The monoisotopic (exact) mass is 275 g/mol. The van der Waals surface area contributed by atoms with Gasteiger partial charge < -0.3 is 15.2 Å². The number of nitrogens with two attached hydrogens (primary N) is 1. The van der Waals surface area contributed by atoms with Gasteiger partial charge in [0.15, 0.2) is 11.5 Å². The molecule has 0 aliphatic heterocycles. The molecule has 2 rings (SSSR count). The van der Waals surface area contributed by atoms with E-state index >= 15 is 0 Å². The van der Waals surface area contributed by atoms with Gasteiger partial charge in [-0.2, -0.15) is 0 Å².